The number of unbranched alkanes of at least 4 members (excludes halogenated alkanes) is 3. The van der Waals surface area contributed by atoms with Gasteiger partial charge in [0.1, 0.15) is 5.60 Å². The fraction of sp³-hybridized carbons (Fsp3) is 0.280. The smallest absolute Gasteiger partial charge is 0.143 e. The summed E-state index contributed by atoms with van der Waals surface area (Å²) in [5.74, 6) is 0. The predicted molar refractivity (Wildman–Crippen MR) is 113 cm³/mol. The van der Waals surface area contributed by atoms with Crippen molar-refractivity contribution in [2.45, 2.75) is 31.3 Å². The molecule has 0 radical (unpaired) electrons. The van der Waals surface area contributed by atoms with E-state index < -0.39 is 5.60 Å². The van der Waals surface area contributed by atoms with Crippen molar-refractivity contribution in [2.75, 3.05) is 13.2 Å². The number of hydrogen-bond acceptors (Lipinski definition) is 2. The molecular weight excluding hydrogens is 330 g/mol. The minimum absolute atomic E-state index is 0.600. The molecule has 0 unspecified atom stereocenters. The lowest BCUT2D eigenvalue weighted by atomic mass is 9.80. The summed E-state index contributed by atoms with van der Waals surface area (Å²) >= 11 is 0. The Morgan fingerprint density at radius 2 is 0.963 bits per heavy atom. The first-order chi connectivity index (χ1) is 13.4. The predicted octanol–water partition coefficient (Wildman–Crippen LogP) is 5.51. The fourth-order valence-corrected chi connectivity index (χ4v) is 3.59. The van der Waals surface area contributed by atoms with Gasteiger partial charge in [0.05, 0.1) is 0 Å². The summed E-state index contributed by atoms with van der Waals surface area (Å²) in [7, 11) is 0. The molecule has 0 saturated carbocycles. The molecule has 0 fully saturated rings. The van der Waals surface area contributed by atoms with Gasteiger partial charge in [0.2, 0.25) is 0 Å². The quantitative estimate of drug-likeness (QED) is 0.382. The molecule has 27 heavy (non-hydrogen) atoms. The second-order valence-corrected chi connectivity index (χ2v) is 6.83. The van der Waals surface area contributed by atoms with Crippen molar-refractivity contribution in [3.05, 3.63) is 108 Å². The Morgan fingerprint density at radius 1 is 0.556 bits per heavy atom. The molecule has 2 N–H and O–H groups in total. The Balaban J connectivity index is 1.98. The van der Waals surface area contributed by atoms with Crippen LogP contribution in [0.4, 0.5) is 0 Å². The van der Waals surface area contributed by atoms with Crippen molar-refractivity contribution in [3.63, 3.8) is 0 Å². The summed E-state index contributed by atoms with van der Waals surface area (Å²) in [4.78, 5) is 0. The summed E-state index contributed by atoms with van der Waals surface area (Å²) < 4.78 is 6.74. The molecule has 0 aliphatic carbocycles. The zero-order chi connectivity index (χ0) is 18.8. The number of ether oxygens (including phenoxy) is 1. The minimum Gasteiger partial charge on any atom is -0.361 e. The normalized spacial score (nSPS) is 11.4. The van der Waals surface area contributed by atoms with Gasteiger partial charge in [-0.2, -0.15) is 0 Å². The molecule has 2 nitrogen and oxygen atoms in total. The summed E-state index contributed by atoms with van der Waals surface area (Å²) in [6, 6.07) is 31.6. The molecule has 0 heterocycles. The Labute approximate surface area is 163 Å². The maximum absolute atomic E-state index is 6.74. The van der Waals surface area contributed by atoms with Gasteiger partial charge in [0.15, 0.2) is 0 Å². The molecule has 140 valence electrons. The molecule has 3 aromatic carbocycles. The monoisotopic (exact) mass is 359 g/mol. The van der Waals surface area contributed by atoms with Gasteiger partial charge >= 0.3 is 0 Å². The number of benzene rings is 3. The van der Waals surface area contributed by atoms with Crippen molar-refractivity contribution >= 4 is 0 Å². The van der Waals surface area contributed by atoms with Crippen LogP contribution in [0.5, 0.6) is 0 Å². The van der Waals surface area contributed by atoms with E-state index in [9.17, 15) is 0 Å². The molecule has 3 aromatic rings. The third-order valence-electron chi connectivity index (χ3n) is 4.96. The van der Waals surface area contributed by atoms with Crippen molar-refractivity contribution in [3.8, 4) is 0 Å². The molecule has 0 spiro atoms. The Morgan fingerprint density at radius 3 is 1.37 bits per heavy atom. The SMILES string of the molecule is NCCCCCCOC(c1ccccc1)(c1ccccc1)c1ccccc1. The summed E-state index contributed by atoms with van der Waals surface area (Å²) in [6.07, 6.45) is 4.43. The van der Waals surface area contributed by atoms with E-state index in [4.69, 9.17) is 10.5 Å². The lowest BCUT2D eigenvalue weighted by Crippen LogP contribution is -2.33. The largest absolute Gasteiger partial charge is 0.361 e. The van der Waals surface area contributed by atoms with Crippen LogP contribution in [0.3, 0.4) is 0 Å². The maximum Gasteiger partial charge on any atom is 0.143 e. The first-order valence-corrected chi connectivity index (χ1v) is 9.88. The van der Waals surface area contributed by atoms with Gasteiger partial charge in [-0.3, -0.25) is 0 Å². The molecule has 0 aliphatic rings. The van der Waals surface area contributed by atoms with Gasteiger partial charge in [-0.1, -0.05) is 104 Å². The average Bonchev–Trinajstić information content (AvgIpc) is 2.75. The third kappa shape index (κ3) is 4.65. The highest BCUT2D eigenvalue weighted by molar-refractivity contribution is 5.47. The first kappa shape index (κ1) is 19.3. The van der Waals surface area contributed by atoms with E-state index in [0.717, 1.165) is 48.9 Å². The van der Waals surface area contributed by atoms with Gasteiger partial charge in [-0.05, 0) is 36.1 Å². The summed E-state index contributed by atoms with van der Waals surface area (Å²) in [6.45, 7) is 1.48. The van der Waals surface area contributed by atoms with Crippen LogP contribution in [0.15, 0.2) is 91.0 Å². The first-order valence-electron chi connectivity index (χ1n) is 9.88. The van der Waals surface area contributed by atoms with Gasteiger partial charge < -0.3 is 10.5 Å². The van der Waals surface area contributed by atoms with Crippen molar-refractivity contribution in [1.82, 2.24) is 0 Å². The number of rotatable bonds is 10. The second-order valence-electron chi connectivity index (χ2n) is 6.83. The van der Waals surface area contributed by atoms with Crippen LogP contribution >= 0.6 is 0 Å². The van der Waals surface area contributed by atoms with Gasteiger partial charge in [0, 0.05) is 6.61 Å². The molecule has 0 bridgehead atoms. The van der Waals surface area contributed by atoms with Crippen LogP contribution in [0.1, 0.15) is 42.4 Å². The van der Waals surface area contributed by atoms with Crippen molar-refractivity contribution < 1.29 is 4.74 Å². The number of nitrogens with two attached hydrogens (primary N) is 1. The van der Waals surface area contributed by atoms with Crippen LogP contribution in [0, 0.1) is 0 Å². The van der Waals surface area contributed by atoms with E-state index in [0.29, 0.717) is 6.61 Å². The summed E-state index contributed by atoms with van der Waals surface area (Å²) in [5.41, 5.74) is 8.48. The minimum atomic E-state index is -0.600. The van der Waals surface area contributed by atoms with Gasteiger partial charge in [0.25, 0.3) is 0 Å². The maximum atomic E-state index is 6.74. The highest BCUT2D eigenvalue weighted by Gasteiger charge is 2.37. The lowest BCUT2D eigenvalue weighted by molar-refractivity contribution is 0.0106. The highest BCUT2D eigenvalue weighted by atomic mass is 16.5. The molecule has 0 atom stereocenters. The Bertz CT molecular complexity index is 675. The third-order valence-corrected chi connectivity index (χ3v) is 4.96. The molecule has 0 amide bonds. The van der Waals surface area contributed by atoms with E-state index in [-0.39, 0.29) is 0 Å². The molecule has 2 heteroatoms. The van der Waals surface area contributed by atoms with Crippen LogP contribution in [0.2, 0.25) is 0 Å². The van der Waals surface area contributed by atoms with Crippen LogP contribution in [-0.4, -0.2) is 13.2 Å². The zero-order valence-corrected chi connectivity index (χ0v) is 15.9. The van der Waals surface area contributed by atoms with Crippen molar-refractivity contribution in [1.29, 1.82) is 0 Å². The van der Waals surface area contributed by atoms with E-state index in [1.54, 1.807) is 0 Å². The molecule has 3 rings (SSSR count). The van der Waals surface area contributed by atoms with Crippen molar-refractivity contribution in [2.24, 2.45) is 5.73 Å². The van der Waals surface area contributed by atoms with Crippen LogP contribution < -0.4 is 5.73 Å². The molecule has 0 aromatic heterocycles. The van der Waals surface area contributed by atoms with E-state index in [2.05, 4.69) is 91.0 Å². The molecule has 0 saturated heterocycles. The Kier molecular flexibility index (Phi) is 7.20. The van der Waals surface area contributed by atoms with Gasteiger partial charge in [-0.25, -0.2) is 0 Å². The fourth-order valence-electron chi connectivity index (χ4n) is 3.59. The number of hydrogen-bond donors (Lipinski definition) is 1. The van der Waals surface area contributed by atoms with E-state index in [1.807, 2.05) is 0 Å². The van der Waals surface area contributed by atoms with E-state index >= 15 is 0 Å². The molecular formula is C25H29NO. The van der Waals surface area contributed by atoms with E-state index in [1.165, 1.54) is 0 Å². The van der Waals surface area contributed by atoms with Crippen LogP contribution in [-0.2, 0) is 10.3 Å². The topological polar surface area (TPSA) is 35.2 Å². The summed E-state index contributed by atoms with van der Waals surface area (Å²) in [5, 5.41) is 0. The Hall–Kier alpha value is -2.42. The van der Waals surface area contributed by atoms with Crippen LogP contribution in [0.25, 0.3) is 0 Å². The average molecular weight is 360 g/mol. The zero-order valence-electron chi connectivity index (χ0n) is 15.9. The highest BCUT2D eigenvalue weighted by Crippen LogP contribution is 2.40. The molecule has 0 aliphatic heterocycles. The standard InChI is InChI=1S/C25H29NO/c26-20-12-1-2-13-21-27-25(22-14-6-3-7-15-22,23-16-8-4-9-17-23)24-18-10-5-11-19-24/h3-11,14-19H,1-2,12-13,20-21,26H2. The van der Waals surface area contributed by atoms with Gasteiger partial charge in [-0.15, -0.1) is 0 Å². The second kappa shape index (κ2) is 10.1. The lowest BCUT2D eigenvalue weighted by Gasteiger charge is -2.36.